The molecule has 13 heteroatoms. The minimum absolute atomic E-state index is 0.0785. The fourth-order valence-corrected chi connectivity index (χ4v) is 10.7. The summed E-state index contributed by atoms with van der Waals surface area (Å²) in [5.41, 5.74) is 8.56. The van der Waals surface area contributed by atoms with Crippen molar-refractivity contribution in [3.63, 3.8) is 0 Å². The molecule has 0 spiro atoms. The van der Waals surface area contributed by atoms with Crippen LogP contribution in [0.4, 0.5) is 11.4 Å². The molecule has 0 fully saturated rings. The molecule has 3 aromatic carbocycles. The van der Waals surface area contributed by atoms with Gasteiger partial charge in [-0.05, 0) is 137 Å². The average molecular weight is 955 g/mol. The van der Waals surface area contributed by atoms with Gasteiger partial charge in [-0.1, -0.05) is 83.6 Å². The van der Waals surface area contributed by atoms with Crippen molar-refractivity contribution in [1.82, 2.24) is 5.32 Å². The van der Waals surface area contributed by atoms with E-state index in [1.54, 1.807) is 24.3 Å². The molecule has 1 amide bonds. The Morgan fingerprint density at radius 1 is 0.761 bits per heavy atom. The number of nitrogens with zero attached hydrogens (tertiary/aromatic N) is 2. The maximum Gasteiger partial charge on any atom is 0.294 e. The number of aryl methyl sites for hydroxylation is 1. The van der Waals surface area contributed by atoms with Crippen LogP contribution >= 0.6 is 0 Å². The highest BCUT2D eigenvalue weighted by Gasteiger charge is 2.45. The highest BCUT2D eigenvalue weighted by atomic mass is 32.2. The lowest BCUT2D eigenvalue weighted by atomic mass is 9.81. The standard InChI is InChI=1S/C54H71N3O8S2/c1-8-10-12-13-16-34-55-51(58)21-15-14-17-36-57-48-31-29-44(67(62,63)64)38-46(48)54(6,7)50(57)33-24-41-20-18-19-40(52(41)65-42-25-27-43(28-26-42)66(59,60)61)23-32-49-53(4,5)45-37-39(3)22-30-47(45)56(49)35-11-9-2/h22-33,37-38H,8-21,34-36H2,1-7H3,(H2-,55,58,59,60,61,62,63,64)/p+1. The summed E-state index contributed by atoms with van der Waals surface area (Å²) >= 11 is 0. The number of fused-ring (bicyclic) bond motifs is 2. The van der Waals surface area contributed by atoms with E-state index in [0.29, 0.717) is 37.4 Å². The van der Waals surface area contributed by atoms with Crippen LogP contribution in [0.25, 0.3) is 0 Å². The smallest absolute Gasteiger partial charge is 0.294 e. The summed E-state index contributed by atoms with van der Waals surface area (Å²) in [5, 5.41) is 3.07. The molecule has 67 heavy (non-hydrogen) atoms. The largest absolute Gasteiger partial charge is 0.457 e. The number of benzene rings is 3. The Labute approximate surface area is 400 Å². The first-order valence-corrected chi connectivity index (χ1v) is 27.2. The number of nitrogens with one attached hydrogen (secondary N) is 1. The zero-order valence-electron chi connectivity index (χ0n) is 40.7. The summed E-state index contributed by atoms with van der Waals surface area (Å²) in [4.78, 5) is 14.7. The minimum Gasteiger partial charge on any atom is -0.457 e. The van der Waals surface area contributed by atoms with Crippen molar-refractivity contribution < 1.29 is 40.0 Å². The zero-order chi connectivity index (χ0) is 48.6. The minimum atomic E-state index is -4.45. The second-order valence-corrected chi connectivity index (χ2v) is 22.2. The summed E-state index contributed by atoms with van der Waals surface area (Å²) in [5.74, 6) is 1.16. The Morgan fingerprint density at radius 2 is 1.45 bits per heavy atom. The molecule has 6 rings (SSSR count). The van der Waals surface area contributed by atoms with Crippen molar-refractivity contribution in [2.45, 2.75) is 159 Å². The number of anilines is 1. The number of ether oxygens (including phenoxy) is 1. The maximum absolute atomic E-state index is 12.6. The van der Waals surface area contributed by atoms with Crippen molar-refractivity contribution in [2.24, 2.45) is 0 Å². The van der Waals surface area contributed by atoms with Crippen molar-refractivity contribution in [3.05, 3.63) is 124 Å². The molecule has 2 aliphatic heterocycles. The zero-order valence-corrected chi connectivity index (χ0v) is 42.3. The Hall–Kier alpha value is -4.82. The third-order valence-electron chi connectivity index (χ3n) is 13.5. The van der Waals surface area contributed by atoms with Crippen LogP contribution in [0.1, 0.15) is 148 Å². The van der Waals surface area contributed by atoms with Crippen LogP contribution in [0.15, 0.2) is 117 Å². The second kappa shape index (κ2) is 22.1. The molecule has 1 aliphatic carbocycles. The molecule has 0 saturated carbocycles. The van der Waals surface area contributed by atoms with Crippen LogP contribution in [0.3, 0.4) is 0 Å². The van der Waals surface area contributed by atoms with Gasteiger partial charge in [-0.25, -0.2) is 0 Å². The third kappa shape index (κ3) is 12.5. The van der Waals surface area contributed by atoms with Crippen molar-refractivity contribution in [2.75, 3.05) is 24.5 Å². The van der Waals surface area contributed by atoms with Gasteiger partial charge in [0.1, 0.15) is 18.1 Å². The van der Waals surface area contributed by atoms with E-state index in [1.165, 1.54) is 60.0 Å². The van der Waals surface area contributed by atoms with Gasteiger partial charge in [-0.15, -0.1) is 0 Å². The van der Waals surface area contributed by atoms with Crippen LogP contribution in [-0.4, -0.2) is 61.8 Å². The van der Waals surface area contributed by atoms with Gasteiger partial charge in [-0.2, -0.15) is 21.4 Å². The van der Waals surface area contributed by atoms with Gasteiger partial charge in [0.05, 0.1) is 15.2 Å². The number of allylic oxidation sites excluding steroid dienone is 7. The maximum atomic E-state index is 12.6. The molecule has 362 valence electrons. The topological polar surface area (TPSA) is 153 Å². The number of rotatable bonds is 22. The molecule has 0 saturated heterocycles. The predicted octanol–water partition coefficient (Wildman–Crippen LogP) is 12.0. The first-order chi connectivity index (χ1) is 31.8. The van der Waals surface area contributed by atoms with Gasteiger partial charge in [0.15, 0.2) is 5.71 Å². The van der Waals surface area contributed by atoms with Crippen LogP contribution in [0.2, 0.25) is 0 Å². The first-order valence-electron chi connectivity index (χ1n) is 24.3. The highest BCUT2D eigenvalue weighted by Crippen LogP contribution is 2.49. The lowest BCUT2D eigenvalue weighted by Crippen LogP contribution is -2.28. The normalized spacial score (nSPS) is 18.1. The van der Waals surface area contributed by atoms with Crippen molar-refractivity contribution >= 4 is 43.2 Å². The molecular weight excluding hydrogens is 883 g/mol. The lowest BCUT2D eigenvalue weighted by molar-refractivity contribution is -0.438. The van der Waals surface area contributed by atoms with Crippen molar-refractivity contribution in [1.29, 1.82) is 0 Å². The molecule has 0 unspecified atom stereocenters. The van der Waals surface area contributed by atoms with E-state index in [2.05, 4.69) is 106 Å². The van der Waals surface area contributed by atoms with Gasteiger partial charge in [-0.3, -0.25) is 13.9 Å². The first kappa shape index (κ1) is 51.6. The van der Waals surface area contributed by atoms with Gasteiger partial charge in [0, 0.05) is 60.4 Å². The number of hydrogen-bond acceptors (Lipinski definition) is 7. The Morgan fingerprint density at radius 3 is 2.15 bits per heavy atom. The summed E-state index contributed by atoms with van der Waals surface area (Å²) in [6.07, 6.45) is 21.6. The Balaban J connectivity index is 1.36. The molecule has 3 aromatic rings. The summed E-state index contributed by atoms with van der Waals surface area (Å²) in [7, 11) is -8.86. The number of amides is 1. The summed E-state index contributed by atoms with van der Waals surface area (Å²) in [6, 6.07) is 17.2. The van der Waals surface area contributed by atoms with E-state index < -0.39 is 25.7 Å². The Kier molecular flexibility index (Phi) is 17.0. The van der Waals surface area contributed by atoms with E-state index in [9.17, 15) is 30.7 Å². The van der Waals surface area contributed by atoms with E-state index in [1.807, 2.05) is 0 Å². The van der Waals surface area contributed by atoms with E-state index >= 15 is 0 Å². The number of carbonyl (C=O) groups is 1. The van der Waals surface area contributed by atoms with Crippen LogP contribution in [0.5, 0.6) is 5.75 Å². The second-order valence-electron chi connectivity index (χ2n) is 19.4. The molecule has 0 atom stereocenters. The van der Waals surface area contributed by atoms with E-state index in [0.717, 1.165) is 92.4 Å². The quantitative estimate of drug-likeness (QED) is 0.0507. The third-order valence-corrected chi connectivity index (χ3v) is 15.3. The van der Waals surface area contributed by atoms with Gasteiger partial charge >= 0.3 is 0 Å². The van der Waals surface area contributed by atoms with Crippen molar-refractivity contribution in [3.8, 4) is 5.75 Å². The molecule has 2 heterocycles. The number of carbonyl (C=O) groups excluding carboxylic acids is 1. The summed E-state index contributed by atoms with van der Waals surface area (Å²) < 4.78 is 77.3. The molecular formula is C54H72N3O8S2+. The van der Waals surface area contributed by atoms with E-state index in [-0.39, 0.29) is 21.1 Å². The fraction of sp³-hybridized carbons (Fsp3) is 0.481. The molecule has 11 nitrogen and oxygen atoms in total. The molecule has 0 aromatic heterocycles. The lowest BCUT2D eigenvalue weighted by Gasteiger charge is -2.27. The number of unbranched alkanes of at least 4 members (excludes halogenated alkanes) is 7. The Bertz CT molecular complexity index is 2670. The monoisotopic (exact) mass is 954 g/mol. The van der Waals surface area contributed by atoms with Crippen LogP contribution in [0, 0.1) is 6.92 Å². The summed E-state index contributed by atoms with van der Waals surface area (Å²) in [6.45, 7) is 17.4. The van der Waals surface area contributed by atoms with Gasteiger partial charge in [0.2, 0.25) is 11.6 Å². The average Bonchev–Trinajstić information content (AvgIpc) is 3.62. The highest BCUT2D eigenvalue weighted by molar-refractivity contribution is 7.86. The number of hydrogen-bond donors (Lipinski definition) is 3. The van der Waals surface area contributed by atoms with Crippen LogP contribution < -0.4 is 15.0 Å². The van der Waals surface area contributed by atoms with E-state index in [4.69, 9.17) is 4.74 Å². The van der Waals surface area contributed by atoms with Crippen LogP contribution in [-0.2, 0) is 35.9 Å². The molecule has 3 N–H and O–H groups in total. The molecule has 3 aliphatic rings. The van der Waals surface area contributed by atoms with Gasteiger partial charge < -0.3 is 15.0 Å². The molecule has 0 radical (unpaired) electrons. The predicted molar refractivity (Wildman–Crippen MR) is 269 cm³/mol. The van der Waals surface area contributed by atoms with Gasteiger partial charge in [0.25, 0.3) is 20.2 Å². The SMILES string of the molecule is CCCCCCCNC(=O)CCCCC[N+]1=C(C=CC2=C(Oc3ccc(S(=O)(=O)O)cc3)C(=CC=C3N(CCCC)c4ccc(C)cc4C3(C)C)CCC2)C(C)(C)c2cc(S(=O)(=O)O)ccc21. The molecule has 0 bridgehead atoms. The fourth-order valence-electron chi connectivity index (χ4n) is 9.69.